The van der Waals surface area contributed by atoms with E-state index in [0.717, 1.165) is 0 Å². The van der Waals surface area contributed by atoms with Gasteiger partial charge < -0.3 is 28.5 Å². The highest BCUT2D eigenvalue weighted by atomic mass is 127. The number of aryl methyl sites for hydroxylation is 1. The zero-order valence-electron chi connectivity index (χ0n) is 15.0. The van der Waals surface area contributed by atoms with E-state index in [2.05, 4.69) is 106 Å². The number of benzene rings is 3. The normalized spacial score (nSPS) is 10.9. The van der Waals surface area contributed by atoms with Gasteiger partial charge >= 0.3 is 0 Å². The minimum Gasteiger partial charge on any atom is -1.00 e. The molecule has 0 fully saturated rings. The average Bonchev–Trinajstić information content (AvgIpc) is 3.03. The molecule has 132 valence electrons. The van der Waals surface area contributed by atoms with Gasteiger partial charge in [-0.1, -0.05) is 48.5 Å². The van der Waals surface area contributed by atoms with Gasteiger partial charge in [-0.25, -0.2) is 4.57 Å². The van der Waals surface area contributed by atoms with Gasteiger partial charge in [-0.2, -0.15) is 0 Å². The van der Waals surface area contributed by atoms with Gasteiger partial charge in [0.1, 0.15) is 7.05 Å². The second-order valence-electron chi connectivity index (χ2n) is 6.67. The smallest absolute Gasteiger partial charge is 0.169 e. The molecule has 0 spiro atoms. The van der Waals surface area contributed by atoms with E-state index in [-0.39, 0.29) is 24.0 Å². The molecule has 2 heterocycles. The van der Waals surface area contributed by atoms with Crippen LogP contribution in [0.1, 0.15) is 0 Å². The van der Waals surface area contributed by atoms with E-state index in [1.165, 1.54) is 38.6 Å². The lowest BCUT2D eigenvalue weighted by Crippen LogP contribution is -3.00. The zero-order valence-corrected chi connectivity index (χ0v) is 17.2. The van der Waals surface area contributed by atoms with Gasteiger partial charge in [0.25, 0.3) is 0 Å². The SMILES string of the molecule is C[n+]1ccc(-c2ccc(-n3c4ccccc4c4ccccc43)cc2)cc1.[I-]. The molecule has 2 nitrogen and oxygen atoms in total. The van der Waals surface area contributed by atoms with Crippen LogP contribution < -0.4 is 28.5 Å². The molecule has 27 heavy (non-hydrogen) atoms. The highest BCUT2D eigenvalue weighted by molar-refractivity contribution is 6.09. The van der Waals surface area contributed by atoms with Crippen LogP contribution in [0.2, 0.25) is 0 Å². The van der Waals surface area contributed by atoms with Crippen molar-refractivity contribution in [2.24, 2.45) is 7.05 Å². The first-order chi connectivity index (χ1) is 12.8. The molecule has 0 aliphatic rings. The van der Waals surface area contributed by atoms with Crippen molar-refractivity contribution in [2.45, 2.75) is 0 Å². The Labute approximate surface area is 175 Å². The average molecular weight is 462 g/mol. The number of nitrogens with zero attached hydrogens (tertiary/aromatic N) is 2. The number of aromatic nitrogens is 2. The minimum atomic E-state index is 0. The van der Waals surface area contributed by atoms with Crippen LogP contribution >= 0.6 is 0 Å². The summed E-state index contributed by atoms with van der Waals surface area (Å²) in [6, 6.07) is 30.3. The molecule has 5 aromatic rings. The van der Waals surface area contributed by atoms with Crippen LogP contribution in [0.3, 0.4) is 0 Å². The molecule has 0 unspecified atom stereocenters. The molecule has 0 saturated heterocycles. The predicted octanol–water partition coefficient (Wildman–Crippen LogP) is 2.28. The Morgan fingerprint density at radius 1 is 0.593 bits per heavy atom. The number of pyridine rings is 1. The summed E-state index contributed by atoms with van der Waals surface area (Å²) >= 11 is 0. The third kappa shape index (κ3) is 3.02. The molecule has 3 aromatic carbocycles. The minimum absolute atomic E-state index is 0. The van der Waals surface area contributed by atoms with Crippen molar-refractivity contribution in [3.8, 4) is 16.8 Å². The van der Waals surface area contributed by atoms with E-state index in [1.54, 1.807) is 0 Å². The van der Waals surface area contributed by atoms with Crippen LogP contribution in [-0.4, -0.2) is 4.57 Å². The van der Waals surface area contributed by atoms with Gasteiger partial charge in [0, 0.05) is 28.6 Å². The van der Waals surface area contributed by atoms with Crippen molar-refractivity contribution in [2.75, 3.05) is 0 Å². The highest BCUT2D eigenvalue weighted by Crippen LogP contribution is 2.32. The van der Waals surface area contributed by atoms with E-state index >= 15 is 0 Å². The molecule has 0 saturated carbocycles. The van der Waals surface area contributed by atoms with Gasteiger partial charge in [0.15, 0.2) is 12.4 Å². The van der Waals surface area contributed by atoms with Crippen LogP contribution in [0, 0.1) is 0 Å². The molecule has 0 aliphatic heterocycles. The van der Waals surface area contributed by atoms with Crippen molar-refractivity contribution in [3.63, 3.8) is 0 Å². The fourth-order valence-electron chi connectivity index (χ4n) is 3.70. The van der Waals surface area contributed by atoms with Crippen molar-refractivity contribution in [1.82, 2.24) is 4.57 Å². The van der Waals surface area contributed by atoms with Crippen LogP contribution in [0.5, 0.6) is 0 Å². The Morgan fingerprint density at radius 2 is 1.07 bits per heavy atom. The first-order valence-corrected chi connectivity index (χ1v) is 8.85. The molecule has 0 bridgehead atoms. The summed E-state index contributed by atoms with van der Waals surface area (Å²) in [6.45, 7) is 0. The molecule has 3 heteroatoms. The molecule has 0 atom stereocenters. The summed E-state index contributed by atoms with van der Waals surface area (Å²) in [5, 5.41) is 2.59. The molecule has 0 aliphatic carbocycles. The van der Waals surface area contributed by atoms with Crippen molar-refractivity contribution >= 4 is 21.8 Å². The molecular weight excluding hydrogens is 443 g/mol. The number of rotatable bonds is 2. The lowest BCUT2D eigenvalue weighted by Gasteiger charge is -2.09. The predicted molar refractivity (Wildman–Crippen MR) is 107 cm³/mol. The molecule has 2 aromatic heterocycles. The number of hydrogen-bond donors (Lipinski definition) is 0. The monoisotopic (exact) mass is 462 g/mol. The second-order valence-corrected chi connectivity index (χ2v) is 6.67. The lowest BCUT2D eigenvalue weighted by atomic mass is 10.1. The summed E-state index contributed by atoms with van der Waals surface area (Å²) in [7, 11) is 2.04. The molecule has 0 amide bonds. The number of para-hydroxylation sites is 2. The van der Waals surface area contributed by atoms with Crippen molar-refractivity contribution in [3.05, 3.63) is 97.3 Å². The fraction of sp³-hybridized carbons (Fsp3) is 0.0417. The third-order valence-corrected chi connectivity index (χ3v) is 5.02. The highest BCUT2D eigenvalue weighted by Gasteiger charge is 2.11. The van der Waals surface area contributed by atoms with Crippen molar-refractivity contribution < 1.29 is 28.5 Å². The van der Waals surface area contributed by atoms with Crippen LogP contribution in [-0.2, 0) is 7.05 Å². The maximum Gasteiger partial charge on any atom is 0.169 e. The Balaban J connectivity index is 0.00000180. The van der Waals surface area contributed by atoms with Gasteiger partial charge in [-0.3, -0.25) is 0 Å². The van der Waals surface area contributed by atoms with Gasteiger partial charge in [-0.05, 0) is 35.4 Å². The second kappa shape index (κ2) is 7.16. The summed E-state index contributed by atoms with van der Waals surface area (Å²) in [4.78, 5) is 0. The molecular formula is C24H19IN2. The van der Waals surface area contributed by atoms with Gasteiger partial charge in [-0.15, -0.1) is 0 Å². The van der Waals surface area contributed by atoms with E-state index in [9.17, 15) is 0 Å². The first-order valence-electron chi connectivity index (χ1n) is 8.85. The molecule has 0 N–H and O–H groups in total. The van der Waals surface area contributed by atoms with E-state index in [4.69, 9.17) is 0 Å². The summed E-state index contributed by atoms with van der Waals surface area (Å²) in [5.74, 6) is 0. The quantitative estimate of drug-likeness (QED) is 0.281. The Morgan fingerprint density at radius 3 is 1.63 bits per heavy atom. The first kappa shape index (κ1) is 17.7. The standard InChI is InChI=1S/C24H19N2.HI/c1-25-16-14-19(15-17-25)18-10-12-20(13-11-18)26-23-8-4-2-6-21(23)22-7-3-5-9-24(22)26;/h2-17H,1H3;1H/q+1;/p-1. The maximum atomic E-state index is 2.35. The summed E-state index contributed by atoms with van der Waals surface area (Å²) in [5.41, 5.74) is 6.14. The van der Waals surface area contributed by atoms with E-state index in [1.807, 2.05) is 7.05 Å². The fourth-order valence-corrected chi connectivity index (χ4v) is 3.70. The Kier molecular flexibility index (Phi) is 4.70. The lowest BCUT2D eigenvalue weighted by molar-refractivity contribution is -0.671. The largest absolute Gasteiger partial charge is 1.00 e. The number of fused-ring (bicyclic) bond motifs is 3. The van der Waals surface area contributed by atoms with Crippen LogP contribution in [0.4, 0.5) is 0 Å². The van der Waals surface area contributed by atoms with E-state index < -0.39 is 0 Å². The maximum absolute atomic E-state index is 2.35. The van der Waals surface area contributed by atoms with Crippen LogP contribution in [0.25, 0.3) is 38.6 Å². The van der Waals surface area contributed by atoms with Crippen LogP contribution in [0.15, 0.2) is 97.3 Å². The Bertz CT molecular complexity index is 1170. The molecule has 0 radical (unpaired) electrons. The van der Waals surface area contributed by atoms with E-state index in [0.29, 0.717) is 0 Å². The van der Waals surface area contributed by atoms with Crippen molar-refractivity contribution in [1.29, 1.82) is 0 Å². The third-order valence-electron chi connectivity index (χ3n) is 5.02. The summed E-state index contributed by atoms with van der Waals surface area (Å²) in [6.07, 6.45) is 4.16. The number of hydrogen-bond acceptors (Lipinski definition) is 0. The van der Waals surface area contributed by atoms with Gasteiger partial charge in [0.05, 0.1) is 11.0 Å². The number of halogens is 1. The zero-order chi connectivity index (χ0) is 17.5. The summed E-state index contributed by atoms with van der Waals surface area (Å²) < 4.78 is 4.40. The Hall–Kier alpha value is -2.66. The van der Waals surface area contributed by atoms with Gasteiger partial charge in [0.2, 0.25) is 0 Å². The topological polar surface area (TPSA) is 8.81 Å². The molecule has 5 rings (SSSR count).